The van der Waals surface area contributed by atoms with Crippen molar-refractivity contribution in [2.24, 2.45) is 11.7 Å². The van der Waals surface area contributed by atoms with Gasteiger partial charge in [0.2, 0.25) is 5.91 Å². The predicted molar refractivity (Wildman–Crippen MR) is 77.7 cm³/mol. The number of anilines is 1. The SMILES string of the molecule is Cc1ccc(NC(=O)CC2CCC2)cc1C#CCN. The molecule has 0 heterocycles. The van der Waals surface area contributed by atoms with Crippen molar-refractivity contribution in [1.82, 2.24) is 0 Å². The van der Waals surface area contributed by atoms with Gasteiger partial charge in [-0.15, -0.1) is 0 Å². The Morgan fingerprint density at radius 2 is 2.26 bits per heavy atom. The van der Waals surface area contributed by atoms with E-state index in [0.717, 1.165) is 16.8 Å². The van der Waals surface area contributed by atoms with Crippen LogP contribution >= 0.6 is 0 Å². The number of hydrogen-bond donors (Lipinski definition) is 2. The van der Waals surface area contributed by atoms with Crippen LogP contribution < -0.4 is 11.1 Å². The summed E-state index contributed by atoms with van der Waals surface area (Å²) in [6, 6.07) is 5.80. The number of amides is 1. The second kappa shape index (κ2) is 6.40. The molecule has 3 heteroatoms. The van der Waals surface area contributed by atoms with Gasteiger partial charge in [0.15, 0.2) is 0 Å². The predicted octanol–water partition coefficient (Wildman–Crippen LogP) is 2.43. The molecule has 1 aliphatic rings. The lowest BCUT2D eigenvalue weighted by atomic mass is 9.83. The highest BCUT2D eigenvalue weighted by Gasteiger charge is 2.20. The van der Waals surface area contributed by atoms with Gasteiger partial charge >= 0.3 is 0 Å². The maximum atomic E-state index is 11.9. The first kappa shape index (κ1) is 13.6. The van der Waals surface area contributed by atoms with E-state index < -0.39 is 0 Å². The van der Waals surface area contributed by atoms with Gasteiger partial charge in [0, 0.05) is 17.7 Å². The lowest BCUT2D eigenvalue weighted by molar-refractivity contribution is -0.117. The summed E-state index contributed by atoms with van der Waals surface area (Å²) in [6.45, 7) is 2.35. The molecule has 1 aliphatic carbocycles. The number of carbonyl (C=O) groups is 1. The minimum absolute atomic E-state index is 0.103. The van der Waals surface area contributed by atoms with Gasteiger partial charge in [0.05, 0.1) is 6.54 Å². The Balaban J connectivity index is 2.01. The molecule has 1 aromatic carbocycles. The van der Waals surface area contributed by atoms with Crippen LogP contribution in [0.25, 0.3) is 0 Å². The smallest absolute Gasteiger partial charge is 0.224 e. The van der Waals surface area contributed by atoms with E-state index in [9.17, 15) is 4.79 Å². The Labute approximate surface area is 114 Å². The first-order chi connectivity index (χ1) is 9.19. The molecule has 1 amide bonds. The summed E-state index contributed by atoms with van der Waals surface area (Å²) >= 11 is 0. The maximum absolute atomic E-state index is 11.9. The summed E-state index contributed by atoms with van der Waals surface area (Å²) < 4.78 is 0. The fourth-order valence-corrected chi connectivity index (χ4v) is 2.15. The van der Waals surface area contributed by atoms with Crippen molar-refractivity contribution in [2.45, 2.75) is 32.6 Å². The van der Waals surface area contributed by atoms with Crippen molar-refractivity contribution in [2.75, 3.05) is 11.9 Å². The Kier molecular flexibility index (Phi) is 4.59. The van der Waals surface area contributed by atoms with Crippen LogP contribution in [0.5, 0.6) is 0 Å². The average molecular weight is 256 g/mol. The molecule has 3 nitrogen and oxygen atoms in total. The van der Waals surface area contributed by atoms with Gasteiger partial charge in [-0.25, -0.2) is 0 Å². The summed E-state index contributed by atoms with van der Waals surface area (Å²) in [5, 5.41) is 2.95. The molecule has 3 N–H and O–H groups in total. The molecule has 0 radical (unpaired) electrons. The molecule has 0 aromatic heterocycles. The van der Waals surface area contributed by atoms with E-state index in [-0.39, 0.29) is 5.91 Å². The van der Waals surface area contributed by atoms with Crippen molar-refractivity contribution in [3.05, 3.63) is 29.3 Å². The minimum Gasteiger partial charge on any atom is -0.326 e. The zero-order valence-corrected chi connectivity index (χ0v) is 11.3. The molecule has 2 rings (SSSR count). The second-order valence-electron chi connectivity index (χ2n) is 5.08. The number of nitrogens with two attached hydrogens (primary N) is 1. The first-order valence-electron chi connectivity index (χ1n) is 6.78. The highest BCUT2D eigenvalue weighted by Crippen LogP contribution is 2.29. The largest absolute Gasteiger partial charge is 0.326 e. The lowest BCUT2D eigenvalue weighted by Crippen LogP contribution is -2.20. The molecule has 0 bridgehead atoms. The number of benzene rings is 1. The summed E-state index contributed by atoms with van der Waals surface area (Å²) in [6.07, 6.45) is 4.28. The normalized spacial score (nSPS) is 14.2. The van der Waals surface area contributed by atoms with Gasteiger partial charge in [0.1, 0.15) is 0 Å². The monoisotopic (exact) mass is 256 g/mol. The Morgan fingerprint density at radius 3 is 2.89 bits per heavy atom. The maximum Gasteiger partial charge on any atom is 0.224 e. The molecular weight excluding hydrogens is 236 g/mol. The second-order valence-corrected chi connectivity index (χ2v) is 5.08. The van der Waals surface area contributed by atoms with Crippen LogP contribution in [0, 0.1) is 24.7 Å². The van der Waals surface area contributed by atoms with E-state index in [0.29, 0.717) is 18.9 Å². The third-order valence-electron chi connectivity index (χ3n) is 3.55. The Bertz CT molecular complexity index is 521. The van der Waals surface area contributed by atoms with Gasteiger partial charge in [-0.3, -0.25) is 4.79 Å². The fraction of sp³-hybridized carbons (Fsp3) is 0.438. The fourth-order valence-electron chi connectivity index (χ4n) is 2.15. The molecule has 100 valence electrons. The lowest BCUT2D eigenvalue weighted by Gasteiger charge is -2.24. The van der Waals surface area contributed by atoms with E-state index in [2.05, 4.69) is 17.2 Å². The summed E-state index contributed by atoms with van der Waals surface area (Å²) in [5.74, 6) is 6.55. The molecule has 0 atom stereocenters. The van der Waals surface area contributed by atoms with E-state index in [1.165, 1.54) is 19.3 Å². The van der Waals surface area contributed by atoms with E-state index in [1.807, 2.05) is 25.1 Å². The van der Waals surface area contributed by atoms with E-state index in [1.54, 1.807) is 0 Å². The number of hydrogen-bond acceptors (Lipinski definition) is 2. The average Bonchev–Trinajstić information content (AvgIpc) is 2.34. The third kappa shape index (κ3) is 3.84. The van der Waals surface area contributed by atoms with E-state index >= 15 is 0 Å². The summed E-state index contributed by atoms with van der Waals surface area (Å²) in [5.41, 5.74) is 8.21. The van der Waals surface area contributed by atoms with Crippen molar-refractivity contribution < 1.29 is 4.79 Å². The molecule has 1 fully saturated rings. The number of aryl methyl sites for hydroxylation is 1. The highest BCUT2D eigenvalue weighted by atomic mass is 16.1. The van der Waals surface area contributed by atoms with Crippen LogP contribution in [0.4, 0.5) is 5.69 Å². The van der Waals surface area contributed by atoms with Crippen LogP contribution in [0.15, 0.2) is 18.2 Å². The van der Waals surface area contributed by atoms with Gasteiger partial charge in [-0.05, 0) is 43.4 Å². The Hall–Kier alpha value is -1.79. The number of nitrogens with one attached hydrogen (secondary N) is 1. The van der Waals surface area contributed by atoms with Crippen molar-refractivity contribution >= 4 is 11.6 Å². The molecule has 1 saturated carbocycles. The third-order valence-corrected chi connectivity index (χ3v) is 3.55. The van der Waals surface area contributed by atoms with Crippen molar-refractivity contribution in [3.63, 3.8) is 0 Å². The van der Waals surface area contributed by atoms with Crippen LogP contribution in [0.2, 0.25) is 0 Å². The van der Waals surface area contributed by atoms with Crippen molar-refractivity contribution in [3.8, 4) is 11.8 Å². The summed E-state index contributed by atoms with van der Waals surface area (Å²) in [4.78, 5) is 11.9. The van der Waals surface area contributed by atoms with Gasteiger partial charge in [-0.2, -0.15) is 0 Å². The van der Waals surface area contributed by atoms with Crippen LogP contribution in [-0.2, 0) is 4.79 Å². The van der Waals surface area contributed by atoms with Crippen LogP contribution in [-0.4, -0.2) is 12.5 Å². The summed E-state index contributed by atoms with van der Waals surface area (Å²) in [7, 11) is 0. The zero-order valence-electron chi connectivity index (χ0n) is 11.3. The molecule has 0 saturated heterocycles. The quantitative estimate of drug-likeness (QED) is 0.816. The Morgan fingerprint density at radius 1 is 1.47 bits per heavy atom. The van der Waals surface area contributed by atoms with Crippen LogP contribution in [0.1, 0.15) is 36.8 Å². The number of carbonyl (C=O) groups excluding carboxylic acids is 1. The van der Waals surface area contributed by atoms with Crippen LogP contribution in [0.3, 0.4) is 0 Å². The molecule has 0 unspecified atom stereocenters. The molecule has 0 spiro atoms. The molecule has 19 heavy (non-hydrogen) atoms. The van der Waals surface area contributed by atoms with Gasteiger partial charge in [0.25, 0.3) is 0 Å². The minimum atomic E-state index is 0.103. The van der Waals surface area contributed by atoms with E-state index in [4.69, 9.17) is 5.73 Å². The van der Waals surface area contributed by atoms with Crippen molar-refractivity contribution in [1.29, 1.82) is 0 Å². The number of rotatable bonds is 3. The van der Waals surface area contributed by atoms with Gasteiger partial charge in [-0.1, -0.05) is 24.3 Å². The first-order valence-corrected chi connectivity index (χ1v) is 6.78. The zero-order chi connectivity index (χ0) is 13.7. The molecular formula is C16H20N2O. The molecule has 1 aromatic rings. The van der Waals surface area contributed by atoms with Gasteiger partial charge < -0.3 is 11.1 Å². The molecule has 0 aliphatic heterocycles. The standard InChI is InChI=1S/C16H20N2O/c1-12-7-8-15(11-14(12)6-3-9-17)18-16(19)10-13-4-2-5-13/h7-8,11,13H,2,4-5,9-10,17H2,1H3,(H,18,19). The topological polar surface area (TPSA) is 55.1 Å². The highest BCUT2D eigenvalue weighted by molar-refractivity contribution is 5.91.